The zero-order chi connectivity index (χ0) is 22.2. The molecule has 3 aromatic carbocycles. The van der Waals surface area contributed by atoms with E-state index < -0.39 is 0 Å². The topological polar surface area (TPSA) is 34.4 Å². The summed E-state index contributed by atoms with van der Waals surface area (Å²) in [7, 11) is 1.00. The molecule has 0 aliphatic rings. The van der Waals surface area contributed by atoms with Crippen molar-refractivity contribution in [2.45, 2.75) is 40.2 Å². The minimum atomic E-state index is 0.786. The minimum Gasteiger partial charge on any atom is -0.494 e. The molecule has 3 heteroatoms. The number of rotatable bonds is 7. The van der Waals surface area contributed by atoms with Gasteiger partial charge in [-0.25, -0.2) is 0 Å². The number of aromatic nitrogens is 1. The van der Waals surface area contributed by atoms with Crippen LogP contribution in [0.25, 0.3) is 22.2 Å². The van der Waals surface area contributed by atoms with Crippen molar-refractivity contribution >= 4 is 10.9 Å². The van der Waals surface area contributed by atoms with E-state index in [-0.39, 0.29) is 0 Å². The van der Waals surface area contributed by atoms with Crippen LogP contribution in [0.4, 0.5) is 0 Å². The standard InChI is InChI=1S/C27H29NO.CH4O/c1-4-5-17-29-24-14-12-22(13-15-24)19-28-26-16-11-20(2)18-25(26)21(3)27(28)23-9-7-6-8-10-23;1-2/h6-16,18H,4-5,17,19H2,1-3H3;2H,1H3. The second-order valence-corrected chi connectivity index (χ2v) is 7.79. The number of hydrogen-bond acceptors (Lipinski definition) is 2. The summed E-state index contributed by atoms with van der Waals surface area (Å²) in [5.41, 5.74) is 7.77. The average molecular weight is 416 g/mol. The summed E-state index contributed by atoms with van der Waals surface area (Å²) in [4.78, 5) is 0. The lowest BCUT2D eigenvalue weighted by atomic mass is 10.1. The predicted molar refractivity (Wildman–Crippen MR) is 131 cm³/mol. The van der Waals surface area contributed by atoms with Crippen molar-refractivity contribution in [3.8, 4) is 17.0 Å². The Hall–Kier alpha value is -3.04. The summed E-state index contributed by atoms with van der Waals surface area (Å²) >= 11 is 0. The van der Waals surface area contributed by atoms with Crippen molar-refractivity contribution in [1.29, 1.82) is 0 Å². The molecule has 0 unspecified atom stereocenters. The fourth-order valence-corrected chi connectivity index (χ4v) is 3.98. The van der Waals surface area contributed by atoms with Crippen LogP contribution in [-0.4, -0.2) is 23.4 Å². The number of aliphatic hydroxyl groups is 1. The first-order valence-corrected chi connectivity index (χ1v) is 11.0. The van der Waals surface area contributed by atoms with Gasteiger partial charge in [-0.3, -0.25) is 0 Å². The van der Waals surface area contributed by atoms with Crippen LogP contribution < -0.4 is 4.74 Å². The summed E-state index contributed by atoms with van der Waals surface area (Å²) < 4.78 is 8.28. The largest absolute Gasteiger partial charge is 0.494 e. The highest BCUT2D eigenvalue weighted by Gasteiger charge is 2.16. The molecule has 4 rings (SSSR count). The molecule has 1 N–H and O–H groups in total. The molecule has 1 aromatic heterocycles. The van der Waals surface area contributed by atoms with Gasteiger partial charge in [-0.05, 0) is 61.2 Å². The van der Waals surface area contributed by atoms with Gasteiger partial charge in [0.2, 0.25) is 0 Å². The average Bonchev–Trinajstić information content (AvgIpc) is 3.08. The van der Waals surface area contributed by atoms with Crippen LogP contribution in [0.5, 0.6) is 5.75 Å². The van der Waals surface area contributed by atoms with Crippen molar-refractivity contribution in [2.24, 2.45) is 0 Å². The van der Waals surface area contributed by atoms with Crippen LogP contribution in [-0.2, 0) is 6.54 Å². The molecule has 162 valence electrons. The summed E-state index contributed by atoms with van der Waals surface area (Å²) in [5.74, 6) is 0.953. The summed E-state index contributed by atoms with van der Waals surface area (Å²) in [6, 6.07) is 26.0. The van der Waals surface area contributed by atoms with Crippen molar-refractivity contribution in [3.63, 3.8) is 0 Å². The van der Waals surface area contributed by atoms with E-state index in [1.54, 1.807) is 0 Å². The first-order valence-electron chi connectivity index (χ1n) is 11.0. The third-order valence-electron chi connectivity index (χ3n) is 5.55. The van der Waals surface area contributed by atoms with Crippen LogP contribution in [0.1, 0.15) is 36.5 Å². The third kappa shape index (κ3) is 5.18. The number of aliphatic hydroxyl groups excluding tert-OH is 1. The van der Waals surface area contributed by atoms with E-state index >= 15 is 0 Å². The molecule has 1 heterocycles. The summed E-state index contributed by atoms with van der Waals surface area (Å²) in [5, 5.41) is 8.34. The van der Waals surface area contributed by atoms with Crippen molar-refractivity contribution < 1.29 is 9.84 Å². The van der Waals surface area contributed by atoms with Gasteiger partial charge in [0.25, 0.3) is 0 Å². The second kappa shape index (κ2) is 10.8. The fourth-order valence-electron chi connectivity index (χ4n) is 3.98. The Kier molecular flexibility index (Phi) is 7.91. The van der Waals surface area contributed by atoms with Gasteiger partial charge in [0.15, 0.2) is 0 Å². The van der Waals surface area contributed by atoms with Gasteiger partial charge < -0.3 is 14.4 Å². The molecular weight excluding hydrogens is 382 g/mol. The van der Waals surface area contributed by atoms with Crippen LogP contribution in [0.3, 0.4) is 0 Å². The number of nitrogens with zero attached hydrogens (tertiary/aromatic N) is 1. The molecule has 0 aliphatic carbocycles. The molecule has 0 radical (unpaired) electrons. The van der Waals surface area contributed by atoms with Gasteiger partial charge >= 0.3 is 0 Å². The molecule has 0 spiro atoms. The van der Waals surface area contributed by atoms with Gasteiger partial charge in [-0.1, -0.05) is 67.4 Å². The number of benzene rings is 3. The number of fused-ring (bicyclic) bond motifs is 1. The van der Waals surface area contributed by atoms with E-state index in [2.05, 4.69) is 98.1 Å². The lowest BCUT2D eigenvalue weighted by Crippen LogP contribution is -2.03. The Morgan fingerprint density at radius 3 is 2.26 bits per heavy atom. The van der Waals surface area contributed by atoms with E-state index in [4.69, 9.17) is 9.84 Å². The Labute approximate surface area is 185 Å². The first kappa shape index (κ1) is 22.6. The normalized spacial score (nSPS) is 10.6. The van der Waals surface area contributed by atoms with E-state index in [9.17, 15) is 0 Å². The molecule has 0 fully saturated rings. The highest BCUT2D eigenvalue weighted by atomic mass is 16.5. The van der Waals surface area contributed by atoms with Gasteiger partial charge in [0.05, 0.1) is 12.3 Å². The zero-order valence-electron chi connectivity index (χ0n) is 19.1. The van der Waals surface area contributed by atoms with E-state index in [1.807, 2.05) is 0 Å². The fraction of sp³-hybridized carbons (Fsp3) is 0.286. The van der Waals surface area contributed by atoms with Gasteiger partial charge in [-0.2, -0.15) is 0 Å². The molecule has 4 aromatic rings. The van der Waals surface area contributed by atoms with Crippen LogP contribution in [0, 0.1) is 13.8 Å². The SMILES string of the molecule is CCCCOc1ccc(Cn2c(-c3ccccc3)c(C)c3cc(C)ccc32)cc1.CO. The highest BCUT2D eigenvalue weighted by Crippen LogP contribution is 2.34. The van der Waals surface area contributed by atoms with Crippen molar-refractivity contribution in [2.75, 3.05) is 13.7 Å². The van der Waals surface area contributed by atoms with Crippen molar-refractivity contribution in [3.05, 3.63) is 89.5 Å². The molecule has 0 saturated carbocycles. The first-order chi connectivity index (χ1) is 15.2. The number of hydrogen-bond donors (Lipinski definition) is 1. The van der Waals surface area contributed by atoms with E-state index in [0.717, 1.165) is 38.9 Å². The van der Waals surface area contributed by atoms with Gasteiger partial charge in [-0.15, -0.1) is 0 Å². The Balaban J connectivity index is 0.00000132. The minimum absolute atomic E-state index is 0.786. The molecule has 0 bridgehead atoms. The molecule has 31 heavy (non-hydrogen) atoms. The molecule has 3 nitrogen and oxygen atoms in total. The monoisotopic (exact) mass is 415 g/mol. The van der Waals surface area contributed by atoms with Crippen LogP contribution in [0.2, 0.25) is 0 Å². The summed E-state index contributed by atoms with van der Waals surface area (Å²) in [6.45, 7) is 8.21. The molecule has 0 aliphatic heterocycles. The predicted octanol–water partition coefficient (Wildman–Crippen LogP) is 6.76. The van der Waals surface area contributed by atoms with Crippen molar-refractivity contribution in [1.82, 2.24) is 4.57 Å². The maximum Gasteiger partial charge on any atom is 0.119 e. The third-order valence-corrected chi connectivity index (χ3v) is 5.55. The van der Waals surface area contributed by atoms with Crippen LogP contribution >= 0.6 is 0 Å². The second-order valence-electron chi connectivity index (χ2n) is 7.79. The molecule has 0 atom stereocenters. The highest BCUT2D eigenvalue weighted by molar-refractivity contribution is 5.92. The lowest BCUT2D eigenvalue weighted by molar-refractivity contribution is 0.309. The van der Waals surface area contributed by atoms with Gasteiger partial charge in [0, 0.05) is 24.6 Å². The Morgan fingerprint density at radius 1 is 0.871 bits per heavy atom. The molecule has 0 amide bonds. The van der Waals surface area contributed by atoms with E-state index in [0.29, 0.717) is 0 Å². The number of ether oxygens (including phenoxy) is 1. The van der Waals surface area contributed by atoms with Gasteiger partial charge in [0.1, 0.15) is 5.75 Å². The van der Waals surface area contributed by atoms with Crippen LogP contribution in [0.15, 0.2) is 72.8 Å². The Morgan fingerprint density at radius 2 is 1.58 bits per heavy atom. The quantitative estimate of drug-likeness (QED) is 0.338. The molecule has 0 saturated heterocycles. The number of aryl methyl sites for hydroxylation is 2. The smallest absolute Gasteiger partial charge is 0.119 e. The maximum atomic E-state index is 7.00. The summed E-state index contributed by atoms with van der Waals surface area (Å²) in [6.07, 6.45) is 2.25. The number of unbranched alkanes of at least 4 members (excludes halogenated alkanes) is 1. The lowest BCUT2D eigenvalue weighted by Gasteiger charge is -2.13. The maximum absolute atomic E-state index is 7.00. The zero-order valence-corrected chi connectivity index (χ0v) is 19.1. The molecular formula is C28H33NO2. The Bertz CT molecular complexity index is 1100. The van der Waals surface area contributed by atoms with E-state index in [1.165, 1.54) is 38.9 Å².